The van der Waals surface area contributed by atoms with Gasteiger partial charge >= 0.3 is 0 Å². The van der Waals surface area contributed by atoms with Gasteiger partial charge < -0.3 is 4.42 Å². The fraction of sp³-hybridized carbons (Fsp3) is 0. The summed E-state index contributed by atoms with van der Waals surface area (Å²) in [7, 11) is 0. The van der Waals surface area contributed by atoms with Crippen molar-refractivity contribution in [3.05, 3.63) is 182 Å². The lowest BCUT2D eigenvalue weighted by Gasteiger charge is -2.19. The van der Waals surface area contributed by atoms with E-state index in [-0.39, 0.29) is 50.4 Å². The lowest BCUT2D eigenvalue weighted by atomic mass is 9.83. The molecule has 10 aromatic rings. The van der Waals surface area contributed by atoms with E-state index in [1.165, 1.54) is 0 Å². The molecular formula is C48H30O. The molecular weight excluding hydrogens is 593 g/mol. The van der Waals surface area contributed by atoms with Gasteiger partial charge in [-0.3, -0.25) is 0 Å². The van der Waals surface area contributed by atoms with Crippen molar-refractivity contribution >= 4 is 54.3 Å². The highest BCUT2D eigenvalue weighted by Gasteiger charge is 2.21. The fourth-order valence-corrected chi connectivity index (χ4v) is 7.29. The van der Waals surface area contributed by atoms with E-state index >= 15 is 0 Å². The Morgan fingerprint density at radius 1 is 0.388 bits per heavy atom. The normalized spacial score (nSPS) is 14.2. The largest absolute Gasteiger partial charge is 0.455 e. The Kier molecular flexibility index (Phi) is 4.53. The molecule has 0 saturated heterocycles. The third kappa shape index (κ3) is 4.33. The van der Waals surface area contributed by atoms with E-state index in [1.54, 1.807) is 0 Å². The molecule has 0 radical (unpaired) electrons. The van der Waals surface area contributed by atoms with Gasteiger partial charge in [0.1, 0.15) is 11.2 Å². The van der Waals surface area contributed by atoms with Crippen molar-refractivity contribution in [1.82, 2.24) is 0 Å². The first kappa shape index (κ1) is 20.0. The fourth-order valence-electron chi connectivity index (χ4n) is 7.29. The van der Waals surface area contributed by atoms with Gasteiger partial charge in [-0.25, -0.2) is 0 Å². The minimum Gasteiger partial charge on any atom is -0.455 e. The molecule has 0 saturated carbocycles. The molecule has 49 heavy (non-hydrogen) atoms. The second-order valence-electron chi connectivity index (χ2n) is 12.1. The molecule has 10 rings (SSSR count). The molecule has 1 heterocycles. The monoisotopic (exact) mass is 631 g/mol. The van der Waals surface area contributed by atoms with Crippen molar-refractivity contribution in [2.75, 3.05) is 0 Å². The van der Waals surface area contributed by atoms with Gasteiger partial charge in [0.25, 0.3) is 0 Å². The Balaban J connectivity index is 1.36. The smallest absolute Gasteiger partial charge is 0.143 e. The molecule has 0 atom stereocenters. The van der Waals surface area contributed by atoms with Crippen LogP contribution in [0.3, 0.4) is 0 Å². The highest BCUT2D eigenvalue weighted by molar-refractivity contribution is 6.27. The van der Waals surface area contributed by atoms with Crippen LogP contribution in [-0.4, -0.2) is 0 Å². The average Bonchev–Trinajstić information content (AvgIpc) is 3.66. The van der Waals surface area contributed by atoms with E-state index in [0.29, 0.717) is 5.56 Å². The summed E-state index contributed by atoms with van der Waals surface area (Å²) in [5.41, 5.74) is 6.89. The zero-order valence-electron chi connectivity index (χ0n) is 35.0. The van der Waals surface area contributed by atoms with Crippen LogP contribution in [0.4, 0.5) is 0 Å². The SMILES string of the molecule is [2H]c1c([2H])c(-c2c3ccccc3c(-c3ccc(-c4ccccc4)c(-c4ccccc4)c3)c3ccccc23)c2c(oc3c4c([2H])c([2H])c([2H])c([2H])c4c([2H])c([2H])c32)c1[2H]. The molecule has 0 spiro atoms. The van der Waals surface area contributed by atoms with Gasteiger partial charge in [0.05, 0.1) is 12.3 Å². The molecule has 0 N–H and O–H groups in total. The Hall–Kier alpha value is -6.44. The average molecular weight is 632 g/mol. The summed E-state index contributed by atoms with van der Waals surface area (Å²) >= 11 is 0. The molecule has 0 aliphatic rings. The zero-order valence-corrected chi connectivity index (χ0v) is 26.0. The van der Waals surface area contributed by atoms with Crippen LogP contribution >= 0.6 is 0 Å². The van der Waals surface area contributed by atoms with Gasteiger partial charge in [-0.2, -0.15) is 0 Å². The molecule has 0 aliphatic heterocycles. The summed E-state index contributed by atoms with van der Waals surface area (Å²) < 4.78 is 86.4. The predicted molar refractivity (Wildman–Crippen MR) is 208 cm³/mol. The number of rotatable bonds is 4. The number of furan rings is 1. The molecule has 0 amide bonds. The minimum atomic E-state index is -0.534. The van der Waals surface area contributed by atoms with E-state index < -0.39 is 42.3 Å². The summed E-state index contributed by atoms with van der Waals surface area (Å²) in [6, 6.07) is 39.0. The third-order valence-electron chi connectivity index (χ3n) is 9.41. The molecule has 0 unspecified atom stereocenters. The lowest BCUT2D eigenvalue weighted by Crippen LogP contribution is -1.92. The Bertz CT molecular complexity index is 3320. The molecule has 1 heteroatoms. The Morgan fingerprint density at radius 2 is 1.00 bits per heavy atom. The van der Waals surface area contributed by atoms with E-state index in [9.17, 15) is 2.74 Å². The van der Waals surface area contributed by atoms with Crippen LogP contribution in [0.25, 0.3) is 98.8 Å². The highest BCUT2D eigenvalue weighted by atomic mass is 16.3. The van der Waals surface area contributed by atoms with Crippen LogP contribution in [0.1, 0.15) is 12.3 Å². The molecule has 0 aliphatic carbocycles. The molecule has 0 bridgehead atoms. The second-order valence-corrected chi connectivity index (χ2v) is 12.1. The van der Waals surface area contributed by atoms with Crippen LogP contribution in [0.15, 0.2) is 186 Å². The first-order chi connectivity index (χ1) is 28.1. The Labute approximate surface area is 297 Å². The van der Waals surface area contributed by atoms with Crippen LogP contribution in [0.5, 0.6) is 0 Å². The molecule has 0 fully saturated rings. The van der Waals surface area contributed by atoms with Crippen molar-refractivity contribution in [2.24, 2.45) is 0 Å². The van der Waals surface area contributed by atoms with E-state index in [2.05, 4.69) is 42.5 Å². The van der Waals surface area contributed by atoms with Crippen molar-refractivity contribution in [2.45, 2.75) is 0 Å². The van der Waals surface area contributed by atoms with Gasteiger partial charge in [-0.05, 0) is 89.6 Å². The van der Waals surface area contributed by atoms with Crippen molar-refractivity contribution in [3.63, 3.8) is 0 Å². The molecule has 1 nitrogen and oxygen atoms in total. The van der Waals surface area contributed by atoms with Crippen molar-refractivity contribution in [3.8, 4) is 44.5 Å². The zero-order chi connectivity index (χ0) is 40.1. The Morgan fingerprint density at radius 3 is 1.69 bits per heavy atom. The summed E-state index contributed by atoms with van der Waals surface area (Å²) in [5, 5.41) is 3.23. The number of benzene rings is 9. The maximum absolute atomic E-state index is 9.51. The van der Waals surface area contributed by atoms with E-state index in [0.717, 1.165) is 54.9 Å². The predicted octanol–water partition coefficient (Wildman–Crippen LogP) is 13.7. The quantitative estimate of drug-likeness (QED) is 0.176. The van der Waals surface area contributed by atoms with Gasteiger partial charge in [-0.1, -0.05) is 164 Å². The van der Waals surface area contributed by atoms with Crippen molar-refractivity contribution in [1.29, 1.82) is 0 Å². The summed E-state index contributed by atoms with van der Waals surface area (Å²) in [6.07, 6.45) is 0. The second kappa shape index (κ2) is 11.1. The minimum absolute atomic E-state index is 0.0516. The maximum atomic E-state index is 9.51. The maximum Gasteiger partial charge on any atom is 0.143 e. The standard InChI is InChI=1S/C48H30O/c1-3-14-31(15-4-1)35-28-27-34(30-43(35)32-16-5-2-6-17-32)45-37-20-9-11-22-39(37)46(40-23-12-10-21-38(40)45)41-24-13-25-44-47(41)42-29-26-33-18-7-8-19-36(33)48(42)49-44/h1-30H/i7D,8D,13D,18D,19D,24D,25D,26D,29D. The summed E-state index contributed by atoms with van der Waals surface area (Å²) in [4.78, 5) is 0. The first-order valence-electron chi connectivity index (χ1n) is 20.6. The number of hydrogen-bond donors (Lipinski definition) is 0. The van der Waals surface area contributed by atoms with E-state index in [4.69, 9.17) is 14.0 Å². The van der Waals surface area contributed by atoms with Gasteiger partial charge in [0, 0.05) is 16.2 Å². The highest BCUT2D eigenvalue weighted by Crippen LogP contribution is 2.48. The summed E-state index contributed by atoms with van der Waals surface area (Å²) in [5.74, 6) is 0. The van der Waals surface area contributed by atoms with Gasteiger partial charge in [0.2, 0.25) is 0 Å². The molecule has 9 aromatic carbocycles. The van der Waals surface area contributed by atoms with Gasteiger partial charge in [0.15, 0.2) is 0 Å². The summed E-state index contributed by atoms with van der Waals surface area (Å²) in [6.45, 7) is 0. The van der Waals surface area contributed by atoms with Crippen LogP contribution in [0, 0.1) is 0 Å². The van der Waals surface area contributed by atoms with Crippen LogP contribution in [0.2, 0.25) is 0 Å². The third-order valence-corrected chi connectivity index (χ3v) is 9.41. The van der Waals surface area contributed by atoms with Crippen LogP contribution in [-0.2, 0) is 0 Å². The van der Waals surface area contributed by atoms with Crippen LogP contribution < -0.4 is 0 Å². The van der Waals surface area contributed by atoms with Gasteiger partial charge in [-0.15, -0.1) is 0 Å². The molecule has 1 aromatic heterocycles. The topological polar surface area (TPSA) is 13.1 Å². The number of hydrogen-bond acceptors (Lipinski definition) is 1. The van der Waals surface area contributed by atoms with E-state index in [1.807, 2.05) is 84.9 Å². The lowest BCUT2D eigenvalue weighted by molar-refractivity contribution is 0.673. The molecule has 228 valence electrons. The number of fused-ring (bicyclic) bond motifs is 7. The van der Waals surface area contributed by atoms with Crippen molar-refractivity contribution < 1.29 is 16.8 Å². The first-order valence-corrected chi connectivity index (χ1v) is 16.1.